The number of fused-ring (bicyclic) bond motifs is 1. The Bertz CT molecular complexity index is 1140. The molecule has 0 aliphatic heterocycles. The molecule has 4 aromatic rings. The Labute approximate surface area is 160 Å². The third-order valence-corrected chi connectivity index (χ3v) is 4.37. The third-order valence-electron chi connectivity index (χ3n) is 4.37. The Hall–Kier alpha value is -3.74. The maximum Gasteiger partial charge on any atom is 0.228 e. The number of rotatable bonds is 5. The lowest BCUT2D eigenvalue weighted by Gasteiger charge is -2.10. The van der Waals surface area contributed by atoms with E-state index >= 15 is 0 Å². The monoisotopic (exact) mass is 376 g/mol. The predicted molar refractivity (Wildman–Crippen MR) is 104 cm³/mol. The van der Waals surface area contributed by atoms with Crippen molar-refractivity contribution < 1.29 is 13.9 Å². The summed E-state index contributed by atoms with van der Waals surface area (Å²) < 4.78 is 20.1. The van der Waals surface area contributed by atoms with E-state index in [0.717, 1.165) is 22.3 Å². The van der Waals surface area contributed by atoms with E-state index in [1.54, 1.807) is 4.52 Å². The van der Waals surface area contributed by atoms with Crippen molar-refractivity contribution in [2.24, 2.45) is 0 Å². The van der Waals surface area contributed by atoms with Gasteiger partial charge in [-0.15, -0.1) is 0 Å². The fourth-order valence-electron chi connectivity index (χ4n) is 2.96. The largest absolute Gasteiger partial charge is 0.494 e. The standard InChI is InChI=1S/C21H17FN4O2/c1-28-19-12-17(22)6-7-18(19)25-21(27)10-14-2-4-15(5-3-14)16-8-9-26-20(11-16)23-13-24-26/h2-9,11-13H,10H2,1H3,(H,25,27). The molecule has 4 rings (SSSR count). The molecule has 140 valence electrons. The fourth-order valence-corrected chi connectivity index (χ4v) is 2.96. The van der Waals surface area contributed by atoms with Crippen LogP contribution in [0.15, 0.2) is 67.1 Å². The zero-order chi connectivity index (χ0) is 19.5. The number of nitrogens with one attached hydrogen (secondary N) is 1. The van der Waals surface area contributed by atoms with Crippen LogP contribution in [0.1, 0.15) is 5.56 Å². The van der Waals surface area contributed by atoms with Gasteiger partial charge in [0.25, 0.3) is 0 Å². The summed E-state index contributed by atoms with van der Waals surface area (Å²) in [5, 5.41) is 6.84. The summed E-state index contributed by atoms with van der Waals surface area (Å²) in [6.45, 7) is 0. The highest BCUT2D eigenvalue weighted by Gasteiger charge is 2.10. The van der Waals surface area contributed by atoms with Crippen molar-refractivity contribution in [2.75, 3.05) is 12.4 Å². The lowest BCUT2D eigenvalue weighted by molar-refractivity contribution is -0.115. The number of aromatic nitrogens is 3. The number of methoxy groups -OCH3 is 1. The zero-order valence-electron chi connectivity index (χ0n) is 15.1. The first-order valence-corrected chi connectivity index (χ1v) is 8.64. The average molecular weight is 376 g/mol. The van der Waals surface area contributed by atoms with E-state index in [0.29, 0.717) is 5.69 Å². The maximum atomic E-state index is 13.3. The number of carbonyl (C=O) groups excluding carboxylic acids is 1. The molecule has 2 heterocycles. The number of carbonyl (C=O) groups is 1. The molecule has 0 aliphatic rings. The Morgan fingerprint density at radius 2 is 1.93 bits per heavy atom. The Kier molecular flexibility index (Phi) is 4.72. The number of benzene rings is 2. The molecule has 0 fully saturated rings. The molecule has 0 saturated carbocycles. The van der Waals surface area contributed by atoms with E-state index in [4.69, 9.17) is 4.74 Å². The highest BCUT2D eigenvalue weighted by molar-refractivity contribution is 5.93. The molecule has 6 nitrogen and oxygen atoms in total. The number of pyridine rings is 1. The van der Waals surface area contributed by atoms with Crippen molar-refractivity contribution in [3.05, 3.63) is 78.5 Å². The number of hydrogen-bond acceptors (Lipinski definition) is 4. The van der Waals surface area contributed by atoms with Gasteiger partial charge in [-0.1, -0.05) is 24.3 Å². The molecule has 0 atom stereocenters. The summed E-state index contributed by atoms with van der Waals surface area (Å²) >= 11 is 0. The van der Waals surface area contributed by atoms with E-state index in [2.05, 4.69) is 15.4 Å². The molecule has 2 aromatic carbocycles. The lowest BCUT2D eigenvalue weighted by Crippen LogP contribution is -2.15. The van der Waals surface area contributed by atoms with E-state index in [9.17, 15) is 9.18 Å². The van der Waals surface area contributed by atoms with Gasteiger partial charge < -0.3 is 10.1 Å². The summed E-state index contributed by atoms with van der Waals surface area (Å²) in [5.41, 5.74) is 4.12. The smallest absolute Gasteiger partial charge is 0.228 e. The van der Waals surface area contributed by atoms with Crippen molar-refractivity contribution in [1.82, 2.24) is 14.6 Å². The van der Waals surface area contributed by atoms with Crippen LogP contribution in [0, 0.1) is 5.82 Å². The van der Waals surface area contributed by atoms with Gasteiger partial charge in [-0.25, -0.2) is 13.9 Å². The molecule has 0 radical (unpaired) electrons. The van der Waals surface area contributed by atoms with Gasteiger partial charge in [0.15, 0.2) is 5.65 Å². The number of hydrogen-bond donors (Lipinski definition) is 1. The average Bonchev–Trinajstić information content (AvgIpc) is 3.17. The van der Waals surface area contributed by atoms with Crippen LogP contribution in [-0.2, 0) is 11.2 Å². The summed E-state index contributed by atoms with van der Waals surface area (Å²) in [4.78, 5) is 16.5. The van der Waals surface area contributed by atoms with Gasteiger partial charge in [0.05, 0.1) is 19.2 Å². The second-order valence-electron chi connectivity index (χ2n) is 6.24. The summed E-state index contributed by atoms with van der Waals surface area (Å²) in [6.07, 6.45) is 3.57. The van der Waals surface area contributed by atoms with Gasteiger partial charge in [-0.05, 0) is 41.0 Å². The van der Waals surface area contributed by atoms with Crippen LogP contribution in [0.5, 0.6) is 5.75 Å². The van der Waals surface area contributed by atoms with Gasteiger partial charge in [-0.3, -0.25) is 4.79 Å². The quantitative estimate of drug-likeness (QED) is 0.576. The molecule has 0 aliphatic carbocycles. The van der Waals surface area contributed by atoms with Gasteiger partial charge in [0.1, 0.15) is 17.9 Å². The molecule has 0 unspecified atom stereocenters. The SMILES string of the molecule is COc1cc(F)ccc1NC(=O)Cc1ccc(-c2ccn3ncnc3c2)cc1. The Morgan fingerprint density at radius 1 is 1.11 bits per heavy atom. The molecular weight excluding hydrogens is 359 g/mol. The van der Waals surface area contributed by atoms with E-state index in [-0.39, 0.29) is 18.1 Å². The van der Waals surface area contributed by atoms with Crippen molar-refractivity contribution >= 4 is 17.2 Å². The number of amides is 1. The van der Waals surface area contributed by atoms with Crippen LogP contribution in [0.3, 0.4) is 0 Å². The first kappa shape index (κ1) is 17.7. The number of halogens is 1. The van der Waals surface area contributed by atoms with Crippen molar-refractivity contribution in [1.29, 1.82) is 0 Å². The topological polar surface area (TPSA) is 68.5 Å². The minimum atomic E-state index is -0.422. The third kappa shape index (κ3) is 3.68. The molecule has 2 aromatic heterocycles. The zero-order valence-corrected chi connectivity index (χ0v) is 15.1. The maximum absolute atomic E-state index is 13.3. The van der Waals surface area contributed by atoms with E-state index in [1.807, 2.05) is 42.6 Å². The normalized spacial score (nSPS) is 10.8. The van der Waals surface area contributed by atoms with Gasteiger partial charge in [-0.2, -0.15) is 5.10 Å². The molecule has 1 amide bonds. The van der Waals surface area contributed by atoms with Gasteiger partial charge in [0, 0.05) is 12.3 Å². The van der Waals surface area contributed by atoms with Crippen molar-refractivity contribution in [3.63, 3.8) is 0 Å². The van der Waals surface area contributed by atoms with Crippen LogP contribution >= 0.6 is 0 Å². The first-order chi connectivity index (χ1) is 13.6. The fraction of sp³-hybridized carbons (Fsp3) is 0.0952. The summed E-state index contributed by atoms with van der Waals surface area (Å²) in [6, 6.07) is 15.6. The van der Waals surface area contributed by atoms with Gasteiger partial charge >= 0.3 is 0 Å². The number of nitrogens with zero attached hydrogens (tertiary/aromatic N) is 3. The summed E-state index contributed by atoms with van der Waals surface area (Å²) in [5.74, 6) is -0.343. The number of ether oxygens (including phenoxy) is 1. The Morgan fingerprint density at radius 3 is 2.71 bits per heavy atom. The second kappa shape index (κ2) is 7.48. The predicted octanol–water partition coefficient (Wildman–Crippen LogP) is 3.73. The number of anilines is 1. The molecule has 0 saturated heterocycles. The summed E-state index contributed by atoms with van der Waals surface area (Å²) in [7, 11) is 1.43. The second-order valence-corrected chi connectivity index (χ2v) is 6.24. The van der Waals surface area contributed by atoms with Crippen molar-refractivity contribution in [2.45, 2.75) is 6.42 Å². The van der Waals surface area contributed by atoms with Crippen LogP contribution in [0.2, 0.25) is 0 Å². The lowest BCUT2D eigenvalue weighted by atomic mass is 10.0. The molecule has 1 N–H and O–H groups in total. The van der Waals surface area contributed by atoms with E-state index in [1.165, 1.54) is 31.6 Å². The van der Waals surface area contributed by atoms with E-state index < -0.39 is 5.82 Å². The Balaban J connectivity index is 1.46. The van der Waals surface area contributed by atoms with Crippen LogP contribution in [0.4, 0.5) is 10.1 Å². The minimum Gasteiger partial charge on any atom is -0.494 e. The molecule has 0 spiro atoms. The molecule has 7 heteroatoms. The van der Waals surface area contributed by atoms with Gasteiger partial charge in [0.2, 0.25) is 5.91 Å². The minimum absolute atomic E-state index is 0.198. The van der Waals surface area contributed by atoms with Crippen molar-refractivity contribution in [3.8, 4) is 16.9 Å². The molecule has 0 bridgehead atoms. The molecule has 28 heavy (non-hydrogen) atoms. The highest BCUT2D eigenvalue weighted by atomic mass is 19.1. The van der Waals surface area contributed by atoms with Crippen LogP contribution < -0.4 is 10.1 Å². The van der Waals surface area contributed by atoms with Crippen LogP contribution in [-0.4, -0.2) is 27.6 Å². The van der Waals surface area contributed by atoms with Crippen LogP contribution in [0.25, 0.3) is 16.8 Å². The molecular formula is C21H17FN4O2. The first-order valence-electron chi connectivity index (χ1n) is 8.64. The highest BCUT2D eigenvalue weighted by Crippen LogP contribution is 2.25.